The maximum absolute atomic E-state index is 13.1. The number of phenols is 1. The molecule has 38 heavy (non-hydrogen) atoms. The fraction of sp³-hybridized carbons (Fsp3) is 0.391. The van der Waals surface area contributed by atoms with Crippen molar-refractivity contribution >= 4 is 29.7 Å². The van der Waals surface area contributed by atoms with E-state index in [0.29, 0.717) is 11.3 Å². The second-order valence-electron chi connectivity index (χ2n) is 8.54. The first-order valence-electron chi connectivity index (χ1n) is 11.4. The molecule has 10 N–H and O–H groups in total. The summed E-state index contributed by atoms with van der Waals surface area (Å²) < 4.78 is 0. The summed E-state index contributed by atoms with van der Waals surface area (Å²) in [7, 11) is 0. The van der Waals surface area contributed by atoms with Gasteiger partial charge in [-0.25, -0.2) is 9.78 Å². The standard InChI is InChI=1S/C23H30N6O9/c1-11(30)19(22(36)28-17(23(37)38)8-18(32)33)29-21(35)16(7-13-9-25-10-26-13)27-20(34)15(24)6-12-2-4-14(31)5-3-12/h2-5,9-11,15-17,19,30-31H,6-8,24H2,1H3,(H,25,26)(H,27,34)(H,28,36)(H,29,35)(H,32,33)(H,37,38). The fourth-order valence-corrected chi connectivity index (χ4v) is 3.38. The number of nitrogens with two attached hydrogens (primary N) is 1. The molecule has 0 saturated carbocycles. The number of rotatable bonds is 14. The molecule has 0 aliphatic rings. The van der Waals surface area contributed by atoms with E-state index in [2.05, 4.69) is 20.6 Å². The first kappa shape index (κ1) is 29.7. The van der Waals surface area contributed by atoms with Crippen LogP contribution < -0.4 is 21.7 Å². The minimum atomic E-state index is -1.81. The molecule has 15 heteroatoms. The molecule has 0 aliphatic heterocycles. The van der Waals surface area contributed by atoms with Crippen LogP contribution in [-0.2, 0) is 36.8 Å². The van der Waals surface area contributed by atoms with Gasteiger partial charge < -0.3 is 47.1 Å². The Labute approximate surface area is 216 Å². The van der Waals surface area contributed by atoms with Crippen molar-refractivity contribution in [1.29, 1.82) is 0 Å². The van der Waals surface area contributed by atoms with E-state index in [4.69, 9.17) is 15.9 Å². The van der Waals surface area contributed by atoms with Gasteiger partial charge in [-0.05, 0) is 31.0 Å². The molecule has 0 fully saturated rings. The Bertz CT molecular complexity index is 1120. The monoisotopic (exact) mass is 534 g/mol. The Hall–Kier alpha value is -4.50. The maximum atomic E-state index is 13.1. The number of aromatic nitrogens is 2. The van der Waals surface area contributed by atoms with Gasteiger partial charge in [0, 0.05) is 18.3 Å². The van der Waals surface area contributed by atoms with Crippen molar-refractivity contribution in [2.75, 3.05) is 0 Å². The van der Waals surface area contributed by atoms with E-state index in [9.17, 15) is 34.2 Å². The number of carbonyl (C=O) groups is 5. The van der Waals surface area contributed by atoms with Crippen molar-refractivity contribution in [3.05, 3.63) is 48.0 Å². The van der Waals surface area contributed by atoms with Crippen LogP contribution in [0.2, 0.25) is 0 Å². The first-order valence-corrected chi connectivity index (χ1v) is 11.4. The van der Waals surface area contributed by atoms with Crippen LogP contribution in [0, 0.1) is 0 Å². The number of nitrogens with zero attached hydrogens (tertiary/aromatic N) is 1. The lowest BCUT2D eigenvalue weighted by molar-refractivity contribution is -0.148. The highest BCUT2D eigenvalue weighted by Crippen LogP contribution is 2.11. The molecule has 0 spiro atoms. The average molecular weight is 535 g/mol. The molecule has 5 unspecified atom stereocenters. The lowest BCUT2D eigenvalue weighted by Gasteiger charge is -2.26. The molecule has 1 aromatic heterocycles. The summed E-state index contributed by atoms with van der Waals surface area (Å²) in [6, 6.07) is 0.163. The predicted octanol–water partition coefficient (Wildman–Crippen LogP) is -2.38. The van der Waals surface area contributed by atoms with E-state index in [-0.39, 0.29) is 18.6 Å². The van der Waals surface area contributed by atoms with Crippen molar-refractivity contribution in [3.63, 3.8) is 0 Å². The van der Waals surface area contributed by atoms with E-state index in [0.717, 1.165) is 6.92 Å². The number of phenolic OH excluding ortho intramolecular Hbond substituents is 1. The number of hydrogen-bond acceptors (Lipinski definition) is 9. The quantitative estimate of drug-likeness (QED) is 0.124. The van der Waals surface area contributed by atoms with E-state index < -0.39 is 66.4 Å². The zero-order valence-corrected chi connectivity index (χ0v) is 20.3. The van der Waals surface area contributed by atoms with Crippen LogP contribution in [0.1, 0.15) is 24.6 Å². The van der Waals surface area contributed by atoms with Crippen LogP contribution in [0.3, 0.4) is 0 Å². The van der Waals surface area contributed by atoms with E-state index in [1.807, 2.05) is 5.32 Å². The van der Waals surface area contributed by atoms with Crippen molar-refractivity contribution in [2.24, 2.45) is 5.73 Å². The SMILES string of the molecule is CC(O)C(NC(=O)C(Cc1cnc[nH]1)NC(=O)C(N)Cc1ccc(O)cc1)C(=O)NC(CC(=O)O)C(=O)O. The molecule has 2 rings (SSSR count). The number of amides is 3. The largest absolute Gasteiger partial charge is 0.508 e. The Morgan fingerprint density at radius 2 is 1.58 bits per heavy atom. The van der Waals surface area contributed by atoms with Gasteiger partial charge in [0.2, 0.25) is 17.7 Å². The highest BCUT2D eigenvalue weighted by Gasteiger charge is 2.33. The summed E-state index contributed by atoms with van der Waals surface area (Å²) in [5.41, 5.74) is 7.10. The highest BCUT2D eigenvalue weighted by atomic mass is 16.4. The maximum Gasteiger partial charge on any atom is 0.326 e. The number of aromatic amines is 1. The third-order valence-corrected chi connectivity index (χ3v) is 5.40. The van der Waals surface area contributed by atoms with Crippen molar-refractivity contribution in [2.45, 2.75) is 56.5 Å². The molecule has 15 nitrogen and oxygen atoms in total. The number of carboxylic acids is 2. The zero-order chi connectivity index (χ0) is 28.4. The number of aliphatic hydroxyl groups is 1. The lowest BCUT2D eigenvalue weighted by Crippen LogP contribution is -2.60. The Kier molecular flexibility index (Phi) is 10.7. The number of carboxylic acid groups (broad SMARTS) is 2. The van der Waals surface area contributed by atoms with Crippen molar-refractivity contribution in [1.82, 2.24) is 25.9 Å². The molecule has 5 atom stereocenters. The smallest absolute Gasteiger partial charge is 0.326 e. The number of aliphatic carboxylic acids is 2. The van der Waals surface area contributed by atoms with Gasteiger partial charge in [-0.1, -0.05) is 12.1 Å². The second kappa shape index (κ2) is 13.7. The lowest BCUT2D eigenvalue weighted by atomic mass is 10.0. The van der Waals surface area contributed by atoms with Crippen LogP contribution in [-0.4, -0.2) is 90.3 Å². The van der Waals surface area contributed by atoms with Gasteiger partial charge in [0.05, 0.1) is 24.9 Å². The summed E-state index contributed by atoms with van der Waals surface area (Å²) in [5.74, 6) is -5.82. The molecular weight excluding hydrogens is 504 g/mol. The van der Waals surface area contributed by atoms with Gasteiger partial charge in [-0.15, -0.1) is 0 Å². The van der Waals surface area contributed by atoms with Gasteiger partial charge in [-0.2, -0.15) is 0 Å². The van der Waals surface area contributed by atoms with Crippen LogP contribution in [0.4, 0.5) is 0 Å². The number of aromatic hydroxyl groups is 1. The summed E-state index contributed by atoms with van der Waals surface area (Å²) in [5, 5.41) is 44.2. The molecule has 206 valence electrons. The summed E-state index contributed by atoms with van der Waals surface area (Å²) in [4.78, 5) is 67.4. The number of nitrogens with one attached hydrogen (secondary N) is 4. The molecule has 2 aromatic rings. The molecule has 0 bridgehead atoms. The topological polar surface area (TPSA) is 257 Å². The van der Waals surface area contributed by atoms with Gasteiger partial charge >= 0.3 is 11.9 Å². The number of imidazole rings is 1. The normalized spacial score (nSPS) is 14.8. The molecule has 3 amide bonds. The molecule has 0 radical (unpaired) electrons. The van der Waals surface area contributed by atoms with E-state index >= 15 is 0 Å². The van der Waals surface area contributed by atoms with Gasteiger partial charge in [0.1, 0.15) is 23.9 Å². The van der Waals surface area contributed by atoms with E-state index in [1.165, 1.54) is 24.7 Å². The Balaban J connectivity index is 2.16. The molecule has 0 saturated heterocycles. The fourth-order valence-electron chi connectivity index (χ4n) is 3.38. The van der Waals surface area contributed by atoms with Crippen LogP contribution in [0.5, 0.6) is 5.75 Å². The molecular formula is C23H30N6O9. The van der Waals surface area contributed by atoms with Gasteiger partial charge in [0.25, 0.3) is 0 Å². The van der Waals surface area contributed by atoms with Crippen molar-refractivity contribution < 1.29 is 44.4 Å². The van der Waals surface area contributed by atoms with Gasteiger partial charge in [-0.3, -0.25) is 19.2 Å². The number of H-pyrrole nitrogens is 1. The summed E-state index contributed by atoms with van der Waals surface area (Å²) in [6.45, 7) is 1.16. The third-order valence-electron chi connectivity index (χ3n) is 5.40. The summed E-state index contributed by atoms with van der Waals surface area (Å²) in [6.07, 6.45) is 0.295. The molecule has 0 aliphatic carbocycles. The second-order valence-corrected chi connectivity index (χ2v) is 8.54. The minimum absolute atomic E-state index is 0.0393. The molecule has 1 aromatic carbocycles. The number of aliphatic hydroxyl groups excluding tert-OH is 1. The average Bonchev–Trinajstić information content (AvgIpc) is 3.35. The van der Waals surface area contributed by atoms with Crippen LogP contribution in [0.15, 0.2) is 36.8 Å². The Morgan fingerprint density at radius 3 is 2.11 bits per heavy atom. The number of carbonyl (C=O) groups excluding carboxylic acids is 3. The molecule has 1 heterocycles. The first-order chi connectivity index (χ1) is 17.9. The Morgan fingerprint density at radius 1 is 0.947 bits per heavy atom. The van der Waals surface area contributed by atoms with E-state index in [1.54, 1.807) is 12.1 Å². The van der Waals surface area contributed by atoms with Gasteiger partial charge in [0.15, 0.2) is 0 Å². The van der Waals surface area contributed by atoms with Crippen molar-refractivity contribution in [3.8, 4) is 5.75 Å². The minimum Gasteiger partial charge on any atom is -0.508 e. The predicted molar refractivity (Wildman–Crippen MR) is 129 cm³/mol. The third kappa shape index (κ3) is 9.18. The summed E-state index contributed by atoms with van der Waals surface area (Å²) >= 11 is 0. The highest BCUT2D eigenvalue weighted by molar-refractivity contribution is 5.95. The number of benzene rings is 1. The number of hydrogen-bond donors (Lipinski definition) is 9. The van der Waals surface area contributed by atoms with Crippen LogP contribution in [0.25, 0.3) is 0 Å². The van der Waals surface area contributed by atoms with Crippen LogP contribution >= 0.6 is 0 Å². The zero-order valence-electron chi connectivity index (χ0n) is 20.3.